The van der Waals surface area contributed by atoms with Crippen LogP contribution in [0.2, 0.25) is 0 Å². The van der Waals surface area contributed by atoms with E-state index in [-0.39, 0.29) is 24.6 Å². The normalized spacial score (nSPS) is 10.8. The molecule has 0 atom stereocenters. The Bertz CT molecular complexity index is 515. The van der Waals surface area contributed by atoms with Crippen molar-refractivity contribution in [1.29, 1.82) is 0 Å². The lowest BCUT2D eigenvalue weighted by atomic mass is 10.3. The van der Waals surface area contributed by atoms with Gasteiger partial charge in [-0.3, -0.25) is 10.0 Å². The highest BCUT2D eigenvalue weighted by atomic mass is 32.2. The minimum Gasteiger partial charge on any atom is -0.447 e. The summed E-state index contributed by atoms with van der Waals surface area (Å²) in [5.74, 6) is 0. The van der Waals surface area contributed by atoms with E-state index in [4.69, 9.17) is 5.11 Å². The third-order valence-corrected chi connectivity index (χ3v) is 2.37. The number of hydrogen-bond donors (Lipinski definition) is 3. The summed E-state index contributed by atoms with van der Waals surface area (Å²) in [6, 6.07) is 6.28. The van der Waals surface area contributed by atoms with Crippen molar-refractivity contribution in [2.45, 2.75) is 0 Å². The van der Waals surface area contributed by atoms with Crippen LogP contribution in [0.25, 0.3) is 0 Å². The van der Waals surface area contributed by atoms with Gasteiger partial charge in [-0.05, 0) is 12.1 Å². The van der Waals surface area contributed by atoms with E-state index in [0.717, 1.165) is 6.26 Å². The summed E-state index contributed by atoms with van der Waals surface area (Å²) in [4.78, 5) is 11.3. The Labute approximate surface area is 105 Å². The second kappa shape index (κ2) is 6.22. The molecule has 18 heavy (non-hydrogen) atoms. The fourth-order valence-electron chi connectivity index (χ4n) is 1.17. The van der Waals surface area contributed by atoms with Crippen LogP contribution in [0.15, 0.2) is 24.3 Å². The van der Waals surface area contributed by atoms with E-state index in [2.05, 4.69) is 14.8 Å². The summed E-state index contributed by atoms with van der Waals surface area (Å²) in [7, 11) is -3.43. The van der Waals surface area contributed by atoms with Crippen LogP contribution in [0, 0.1) is 0 Å². The first-order valence-electron chi connectivity index (χ1n) is 5.04. The van der Waals surface area contributed by atoms with Crippen molar-refractivity contribution >= 4 is 27.5 Å². The number of nitrogens with one attached hydrogen (secondary N) is 2. The number of anilines is 2. The lowest BCUT2D eigenvalue weighted by Gasteiger charge is -2.11. The molecule has 0 aromatic heterocycles. The molecular weight excluding hydrogens is 260 g/mol. The molecule has 0 saturated heterocycles. The summed E-state index contributed by atoms with van der Waals surface area (Å²) in [5, 5.41) is 10.9. The first-order valence-corrected chi connectivity index (χ1v) is 6.93. The van der Waals surface area contributed by atoms with Crippen LogP contribution in [0.4, 0.5) is 16.2 Å². The molecule has 1 rings (SSSR count). The zero-order valence-corrected chi connectivity index (χ0v) is 10.5. The molecule has 7 nitrogen and oxygen atoms in total. The zero-order valence-electron chi connectivity index (χ0n) is 9.71. The molecule has 0 aliphatic rings. The van der Waals surface area contributed by atoms with Crippen molar-refractivity contribution < 1.29 is 23.1 Å². The average molecular weight is 274 g/mol. The standard InChI is InChI=1S/C10H14N2O5S/c1-18(15,16)12-9-5-3-2-4-8(9)11-10(14)17-7-6-13/h2-5,12-13H,6-7H2,1H3,(H,11,14). The first-order chi connectivity index (χ1) is 8.42. The minimum atomic E-state index is -3.43. The lowest BCUT2D eigenvalue weighted by molar-refractivity contribution is 0.131. The van der Waals surface area contributed by atoms with Gasteiger partial charge in [0, 0.05) is 0 Å². The SMILES string of the molecule is CS(=O)(=O)Nc1ccccc1NC(=O)OCCO. The Morgan fingerprint density at radius 3 is 2.50 bits per heavy atom. The minimum absolute atomic E-state index is 0.131. The number of aliphatic hydroxyl groups is 1. The van der Waals surface area contributed by atoms with E-state index in [0.29, 0.717) is 0 Å². The van der Waals surface area contributed by atoms with Gasteiger partial charge in [0.05, 0.1) is 24.2 Å². The molecule has 8 heteroatoms. The third-order valence-electron chi connectivity index (χ3n) is 1.78. The van der Waals surface area contributed by atoms with Gasteiger partial charge < -0.3 is 9.84 Å². The lowest BCUT2D eigenvalue weighted by Crippen LogP contribution is -2.18. The molecule has 1 amide bonds. The Balaban J connectivity index is 2.79. The van der Waals surface area contributed by atoms with Crippen molar-refractivity contribution in [3.05, 3.63) is 24.3 Å². The Kier molecular flexibility index (Phi) is 4.93. The number of benzene rings is 1. The topological polar surface area (TPSA) is 105 Å². The summed E-state index contributed by atoms with van der Waals surface area (Å²) >= 11 is 0. The van der Waals surface area contributed by atoms with Gasteiger partial charge in [-0.25, -0.2) is 13.2 Å². The van der Waals surface area contributed by atoms with E-state index < -0.39 is 16.1 Å². The molecule has 1 aromatic rings. The summed E-state index contributed by atoms with van der Waals surface area (Å²) in [6.07, 6.45) is 0.236. The van der Waals surface area contributed by atoms with Gasteiger partial charge in [-0.1, -0.05) is 12.1 Å². The number of hydrogen-bond acceptors (Lipinski definition) is 5. The maximum atomic E-state index is 11.3. The van der Waals surface area contributed by atoms with Crippen LogP contribution in [0.3, 0.4) is 0 Å². The van der Waals surface area contributed by atoms with Crippen LogP contribution in [0.1, 0.15) is 0 Å². The quantitative estimate of drug-likeness (QED) is 0.729. The summed E-state index contributed by atoms with van der Waals surface area (Å²) in [6.45, 7) is -0.413. The monoisotopic (exact) mass is 274 g/mol. The van der Waals surface area contributed by atoms with E-state index >= 15 is 0 Å². The van der Waals surface area contributed by atoms with Crippen molar-refractivity contribution in [1.82, 2.24) is 0 Å². The number of aliphatic hydroxyl groups excluding tert-OH is 1. The molecule has 0 aliphatic carbocycles. The van der Waals surface area contributed by atoms with Gasteiger partial charge in [0.2, 0.25) is 10.0 Å². The number of carbonyl (C=O) groups excluding carboxylic acids is 1. The molecule has 0 saturated carbocycles. The van der Waals surface area contributed by atoms with Crippen molar-refractivity contribution in [2.75, 3.05) is 29.5 Å². The van der Waals surface area contributed by atoms with Crippen molar-refractivity contribution in [3.8, 4) is 0 Å². The number of amides is 1. The molecule has 100 valence electrons. The van der Waals surface area contributed by atoms with Gasteiger partial charge in [-0.15, -0.1) is 0 Å². The second-order valence-electron chi connectivity index (χ2n) is 3.40. The van der Waals surface area contributed by atoms with E-state index in [9.17, 15) is 13.2 Å². The maximum absolute atomic E-state index is 11.3. The van der Waals surface area contributed by atoms with Gasteiger partial charge in [0.1, 0.15) is 6.61 Å². The van der Waals surface area contributed by atoms with E-state index in [1.807, 2.05) is 0 Å². The van der Waals surface area contributed by atoms with Crippen molar-refractivity contribution in [2.24, 2.45) is 0 Å². The van der Waals surface area contributed by atoms with Gasteiger partial charge >= 0.3 is 6.09 Å². The summed E-state index contributed by atoms with van der Waals surface area (Å²) in [5.41, 5.74) is 0.506. The van der Waals surface area contributed by atoms with E-state index in [1.54, 1.807) is 12.1 Å². The molecule has 0 aliphatic heterocycles. The number of ether oxygens (including phenoxy) is 1. The van der Waals surface area contributed by atoms with Crippen LogP contribution in [0.5, 0.6) is 0 Å². The predicted octanol–water partition coefficient (Wildman–Crippen LogP) is 0.599. The van der Waals surface area contributed by atoms with Gasteiger partial charge in [0.15, 0.2) is 0 Å². The summed E-state index contributed by atoms with van der Waals surface area (Å²) < 4.78 is 29.1. The Hall–Kier alpha value is -1.80. The van der Waals surface area contributed by atoms with Gasteiger partial charge in [0.25, 0.3) is 0 Å². The highest BCUT2D eigenvalue weighted by molar-refractivity contribution is 7.92. The highest BCUT2D eigenvalue weighted by Crippen LogP contribution is 2.21. The maximum Gasteiger partial charge on any atom is 0.411 e. The van der Waals surface area contributed by atoms with Crippen LogP contribution in [-0.4, -0.2) is 39.1 Å². The molecule has 3 N–H and O–H groups in total. The predicted molar refractivity (Wildman–Crippen MR) is 67.0 cm³/mol. The molecule has 0 spiro atoms. The molecule has 0 radical (unpaired) electrons. The largest absolute Gasteiger partial charge is 0.447 e. The fraction of sp³-hybridized carbons (Fsp3) is 0.300. The molecule has 0 bridgehead atoms. The number of sulfonamides is 1. The smallest absolute Gasteiger partial charge is 0.411 e. The number of para-hydroxylation sites is 2. The van der Waals surface area contributed by atoms with Gasteiger partial charge in [-0.2, -0.15) is 0 Å². The second-order valence-corrected chi connectivity index (χ2v) is 5.15. The molecule has 0 unspecified atom stereocenters. The number of rotatable bonds is 5. The average Bonchev–Trinajstić information content (AvgIpc) is 2.27. The van der Waals surface area contributed by atoms with Crippen LogP contribution < -0.4 is 10.0 Å². The van der Waals surface area contributed by atoms with Crippen molar-refractivity contribution in [3.63, 3.8) is 0 Å². The molecular formula is C10H14N2O5S. The molecule has 0 fully saturated rings. The van der Waals surface area contributed by atoms with Crippen LogP contribution in [-0.2, 0) is 14.8 Å². The zero-order chi connectivity index (χ0) is 13.6. The molecule has 1 aromatic carbocycles. The first kappa shape index (κ1) is 14.3. The molecule has 0 heterocycles. The third kappa shape index (κ3) is 5.02. The van der Waals surface area contributed by atoms with Crippen LogP contribution >= 0.6 is 0 Å². The Morgan fingerprint density at radius 2 is 1.94 bits per heavy atom. The number of carbonyl (C=O) groups is 1. The Morgan fingerprint density at radius 1 is 1.33 bits per heavy atom. The fourth-order valence-corrected chi connectivity index (χ4v) is 1.74. The highest BCUT2D eigenvalue weighted by Gasteiger charge is 2.10. The van der Waals surface area contributed by atoms with E-state index in [1.165, 1.54) is 12.1 Å².